The third-order valence-electron chi connectivity index (χ3n) is 3.63. The molecule has 2 N–H and O–H groups in total. The number of nitrogens with one attached hydrogen (secondary N) is 2. The topological polar surface area (TPSA) is 103 Å². The maximum absolute atomic E-state index is 12.4. The number of nitrogens with zero attached hydrogens (tertiary/aromatic N) is 6. The lowest BCUT2D eigenvalue weighted by Gasteiger charge is -2.07. The minimum absolute atomic E-state index is 0.171. The van der Waals surface area contributed by atoms with Gasteiger partial charge in [0.05, 0.1) is 5.56 Å². The van der Waals surface area contributed by atoms with Crippen LogP contribution in [0.5, 0.6) is 0 Å². The number of rotatable bonds is 5. The molecule has 0 saturated heterocycles. The van der Waals surface area contributed by atoms with Gasteiger partial charge in [-0.25, -0.2) is 14.6 Å². The van der Waals surface area contributed by atoms with E-state index in [9.17, 15) is 4.79 Å². The summed E-state index contributed by atoms with van der Waals surface area (Å²) >= 11 is 0. The number of hydrogen-bond donors (Lipinski definition) is 2. The molecule has 0 spiro atoms. The molecule has 0 fully saturated rings. The molecule has 3 aromatic heterocycles. The Morgan fingerprint density at radius 2 is 2.09 bits per heavy atom. The second-order valence-electron chi connectivity index (χ2n) is 5.14. The minimum Gasteiger partial charge on any atom is -0.353 e. The first-order valence-electron chi connectivity index (χ1n) is 7.22. The average Bonchev–Trinajstić information content (AvgIpc) is 3.07. The number of amides is 1. The van der Waals surface area contributed by atoms with Crippen LogP contribution in [0.3, 0.4) is 0 Å². The molecule has 0 radical (unpaired) electrons. The Balaban J connectivity index is 1.65. The molecule has 0 aliphatic heterocycles. The highest BCUT2D eigenvalue weighted by molar-refractivity contribution is 6.04. The first-order valence-corrected chi connectivity index (χ1v) is 7.22. The Hall–Kier alpha value is -2.97. The Kier molecular flexibility index (Phi) is 3.92. The van der Waals surface area contributed by atoms with Crippen molar-refractivity contribution < 1.29 is 4.79 Å². The van der Waals surface area contributed by atoms with Gasteiger partial charge >= 0.3 is 0 Å². The normalized spacial score (nSPS) is 10.9. The van der Waals surface area contributed by atoms with Gasteiger partial charge in [0.25, 0.3) is 5.91 Å². The number of anilines is 1. The molecule has 9 heteroatoms. The van der Waals surface area contributed by atoms with Gasteiger partial charge in [0.1, 0.15) is 17.7 Å². The predicted molar refractivity (Wildman–Crippen MR) is 85.1 cm³/mol. The van der Waals surface area contributed by atoms with Crippen LogP contribution in [0.15, 0.2) is 18.6 Å². The van der Waals surface area contributed by atoms with Crippen LogP contribution in [0, 0.1) is 6.92 Å². The van der Waals surface area contributed by atoms with Crippen molar-refractivity contribution in [3.8, 4) is 0 Å². The van der Waals surface area contributed by atoms with Crippen LogP contribution >= 0.6 is 0 Å². The highest BCUT2D eigenvalue weighted by atomic mass is 16.1. The molecular formula is C14H18N8O. The van der Waals surface area contributed by atoms with Crippen LogP contribution in [0.2, 0.25) is 0 Å². The molecule has 0 saturated carbocycles. The molecule has 1 amide bonds. The van der Waals surface area contributed by atoms with Crippen molar-refractivity contribution in [3.63, 3.8) is 0 Å². The standard InChI is InChI=1S/C14H18N8O/c1-9-20-11-10(4-5-15-12(11)21(9)2)13(23)16-6-7-17-14-18-8-19-22(14)3/h4-5,8H,6-7H2,1-3H3,(H,16,23)(H,17,18,19). The first kappa shape index (κ1) is 14.9. The van der Waals surface area contributed by atoms with Crippen molar-refractivity contribution >= 4 is 23.0 Å². The van der Waals surface area contributed by atoms with E-state index in [1.165, 1.54) is 6.33 Å². The SMILES string of the molecule is Cc1nc2c(C(=O)NCCNc3ncnn3C)ccnc2n1C. The van der Waals surface area contributed by atoms with E-state index in [4.69, 9.17) is 0 Å². The van der Waals surface area contributed by atoms with Gasteiger partial charge in [-0.15, -0.1) is 0 Å². The van der Waals surface area contributed by atoms with Crippen LogP contribution in [0.4, 0.5) is 5.95 Å². The van der Waals surface area contributed by atoms with Crippen LogP contribution in [0.1, 0.15) is 16.2 Å². The third-order valence-corrected chi connectivity index (χ3v) is 3.63. The molecule has 0 bridgehead atoms. The zero-order valence-corrected chi connectivity index (χ0v) is 13.2. The van der Waals surface area contributed by atoms with Crippen LogP contribution < -0.4 is 10.6 Å². The quantitative estimate of drug-likeness (QED) is 0.654. The van der Waals surface area contributed by atoms with Crippen molar-refractivity contribution in [1.82, 2.24) is 34.6 Å². The van der Waals surface area contributed by atoms with Crippen LogP contribution in [-0.2, 0) is 14.1 Å². The number of fused-ring (bicyclic) bond motifs is 1. The highest BCUT2D eigenvalue weighted by Gasteiger charge is 2.15. The van der Waals surface area contributed by atoms with E-state index in [0.29, 0.717) is 35.8 Å². The Bertz CT molecular complexity index is 850. The summed E-state index contributed by atoms with van der Waals surface area (Å²) in [6.07, 6.45) is 3.09. The van der Waals surface area contributed by atoms with Gasteiger partial charge in [-0.3, -0.25) is 4.79 Å². The summed E-state index contributed by atoms with van der Waals surface area (Å²) in [6, 6.07) is 1.68. The minimum atomic E-state index is -0.171. The van der Waals surface area contributed by atoms with E-state index < -0.39 is 0 Å². The number of carbonyl (C=O) groups excluding carboxylic acids is 1. The summed E-state index contributed by atoms with van der Waals surface area (Å²) in [5, 5.41) is 9.92. The number of hydrogen-bond acceptors (Lipinski definition) is 6. The Morgan fingerprint density at radius 3 is 2.83 bits per heavy atom. The summed E-state index contributed by atoms with van der Waals surface area (Å²) < 4.78 is 3.49. The van der Waals surface area contributed by atoms with E-state index >= 15 is 0 Å². The lowest BCUT2D eigenvalue weighted by atomic mass is 10.2. The fourth-order valence-electron chi connectivity index (χ4n) is 2.27. The molecule has 3 aromatic rings. The number of imidazole rings is 1. The highest BCUT2D eigenvalue weighted by Crippen LogP contribution is 2.16. The van der Waals surface area contributed by atoms with Gasteiger partial charge in [-0.1, -0.05) is 0 Å². The van der Waals surface area contributed by atoms with Gasteiger partial charge in [-0.2, -0.15) is 10.1 Å². The van der Waals surface area contributed by atoms with E-state index in [1.54, 1.807) is 24.0 Å². The van der Waals surface area contributed by atoms with Gasteiger partial charge in [0.2, 0.25) is 5.95 Å². The van der Waals surface area contributed by atoms with Gasteiger partial charge in [0.15, 0.2) is 5.65 Å². The fraction of sp³-hybridized carbons (Fsp3) is 0.357. The molecular weight excluding hydrogens is 296 g/mol. The number of aryl methyl sites for hydroxylation is 3. The lowest BCUT2D eigenvalue weighted by molar-refractivity contribution is 0.0956. The van der Waals surface area contributed by atoms with Crippen molar-refractivity contribution in [2.45, 2.75) is 6.92 Å². The van der Waals surface area contributed by atoms with Crippen molar-refractivity contribution in [2.75, 3.05) is 18.4 Å². The summed E-state index contributed by atoms with van der Waals surface area (Å²) in [5.74, 6) is 1.30. The second kappa shape index (κ2) is 6.03. The molecule has 23 heavy (non-hydrogen) atoms. The third kappa shape index (κ3) is 2.85. The van der Waals surface area contributed by atoms with E-state index in [-0.39, 0.29) is 5.91 Å². The molecule has 0 aliphatic rings. The molecule has 0 unspecified atom stereocenters. The Morgan fingerprint density at radius 1 is 1.26 bits per heavy atom. The summed E-state index contributed by atoms with van der Waals surface area (Å²) in [6.45, 7) is 2.89. The number of pyridine rings is 1. The molecule has 3 rings (SSSR count). The van der Waals surface area contributed by atoms with Gasteiger partial charge < -0.3 is 15.2 Å². The first-order chi connectivity index (χ1) is 11.1. The van der Waals surface area contributed by atoms with Crippen molar-refractivity contribution in [1.29, 1.82) is 0 Å². The largest absolute Gasteiger partial charge is 0.353 e. The average molecular weight is 314 g/mol. The maximum atomic E-state index is 12.4. The molecule has 9 nitrogen and oxygen atoms in total. The van der Waals surface area contributed by atoms with Crippen molar-refractivity contribution in [2.24, 2.45) is 14.1 Å². The van der Waals surface area contributed by atoms with E-state index in [0.717, 1.165) is 5.82 Å². The van der Waals surface area contributed by atoms with Gasteiger partial charge in [-0.05, 0) is 13.0 Å². The smallest absolute Gasteiger partial charge is 0.253 e. The molecule has 0 aliphatic carbocycles. The van der Waals surface area contributed by atoms with Crippen LogP contribution in [0.25, 0.3) is 11.2 Å². The number of carbonyl (C=O) groups is 1. The van der Waals surface area contributed by atoms with E-state index in [2.05, 4.69) is 30.7 Å². The predicted octanol–water partition coefficient (Wildman–Crippen LogP) is 0.247. The maximum Gasteiger partial charge on any atom is 0.253 e. The number of aromatic nitrogens is 6. The van der Waals surface area contributed by atoms with Gasteiger partial charge in [0, 0.05) is 33.4 Å². The Labute approximate surface area is 132 Å². The molecule has 0 aromatic carbocycles. The summed E-state index contributed by atoms with van der Waals surface area (Å²) in [5.41, 5.74) is 1.84. The van der Waals surface area contributed by atoms with Crippen LogP contribution in [-0.4, -0.2) is 48.3 Å². The zero-order valence-electron chi connectivity index (χ0n) is 13.2. The molecule has 3 heterocycles. The zero-order chi connectivity index (χ0) is 16.4. The monoisotopic (exact) mass is 314 g/mol. The summed E-state index contributed by atoms with van der Waals surface area (Å²) in [4.78, 5) is 25.1. The summed E-state index contributed by atoms with van der Waals surface area (Å²) in [7, 11) is 3.68. The molecule has 0 atom stereocenters. The fourth-order valence-corrected chi connectivity index (χ4v) is 2.27. The van der Waals surface area contributed by atoms with Crippen molar-refractivity contribution in [3.05, 3.63) is 30.0 Å². The lowest BCUT2D eigenvalue weighted by Crippen LogP contribution is -2.29. The van der Waals surface area contributed by atoms with E-state index in [1.807, 2.05) is 18.5 Å². The molecule has 120 valence electrons. The second-order valence-corrected chi connectivity index (χ2v) is 5.14.